The Labute approximate surface area is 129 Å². The lowest BCUT2D eigenvalue weighted by atomic mass is 9.78. The van der Waals surface area contributed by atoms with Gasteiger partial charge in [0.05, 0.1) is 12.6 Å². The molecule has 0 radical (unpaired) electrons. The molecular formula is C16H20N4O2. The number of hydrogen-bond donors (Lipinski definition) is 3. The summed E-state index contributed by atoms with van der Waals surface area (Å²) in [6, 6.07) is 9.55. The van der Waals surface area contributed by atoms with Crippen molar-refractivity contribution in [1.29, 1.82) is 5.26 Å². The van der Waals surface area contributed by atoms with Crippen molar-refractivity contribution in [2.24, 2.45) is 0 Å². The van der Waals surface area contributed by atoms with Crippen molar-refractivity contribution in [3.8, 4) is 6.07 Å². The molecular weight excluding hydrogens is 280 g/mol. The second kappa shape index (κ2) is 6.94. The van der Waals surface area contributed by atoms with E-state index >= 15 is 0 Å². The zero-order valence-electron chi connectivity index (χ0n) is 12.6. The third kappa shape index (κ3) is 4.22. The number of benzene rings is 1. The Bertz CT molecular complexity index is 585. The van der Waals surface area contributed by atoms with E-state index in [9.17, 15) is 9.59 Å². The fourth-order valence-electron chi connectivity index (χ4n) is 2.22. The standard InChI is InChI=1S/C16H20N4O2/c1-12-3-5-13(6-4-12)9-18-15(22)19-10-14(21)20-16(11-17)7-2-8-16/h3-6H,2,7-10H2,1H3,(H,20,21)(H2,18,19,22). The van der Waals surface area contributed by atoms with E-state index in [1.165, 1.54) is 0 Å². The summed E-state index contributed by atoms with van der Waals surface area (Å²) in [6.45, 7) is 2.26. The van der Waals surface area contributed by atoms with E-state index in [1.807, 2.05) is 31.2 Å². The molecule has 1 aliphatic carbocycles. The van der Waals surface area contributed by atoms with Gasteiger partial charge >= 0.3 is 6.03 Å². The van der Waals surface area contributed by atoms with Crippen LogP contribution >= 0.6 is 0 Å². The summed E-state index contributed by atoms with van der Waals surface area (Å²) in [5.41, 5.74) is 1.42. The molecule has 116 valence electrons. The first-order valence-corrected chi connectivity index (χ1v) is 7.32. The molecule has 0 saturated heterocycles. The molecule has 2 rings (SSSR count). The molecule has 3 amide bonds. The van der Waals surface area contributed by atoms with E-state index < -0.39 is 11.6 Å². The topological polar surface area (TPSA) is 94.0 Å². The van der Waals surface area contributed by atoms with Gasteiger partial charge in [-0.15, -0.1) is 0 Å². The van der Waals surface area contributed by atoms with Gasteiger partial charge in [0.1, 0.15) is 5.54 Å². The van der Waals surface area contributed by atoms with Crippen LogP contribution in [0.3, 0.4) is 0 Å². The van der Waals surface area contributed by atoms with Crippen LogP contribution in [0.5, 0.6) is 0 Å². The van der Waals surface area contributed by atoms with Crippen LogP contribution in [-0.4, -0.2) is 24.0 Å². The van der Waals surface area contributed by atoms with Gasteiger partial charge in [-0.1, -0.05) is 29.8 Å². The fraction of sp³-hybridized carbons (Fsp3) is 0.438. The van der Waals surface area contributed by atoms with Crippen molar-refractivity contribution >= 4 is 11.9 Å². The lowest BCUT2D eigenvalue weighted by Crippen LogP contribution is -2.55. The number of rotatable bonds is 5. The number of hydrogen-bond acceptors (Lipinski definition) is 3. The molecule has 1 aliphatic rings. The van der Waals surface area contributed by atoms with E-state index in [0.717, 1.165) is 17.5 Å². The van der Waals surface area contributed by atoms with Gasteiger partial charge < -0.3 is 16.0 Å². The minimum Gasteiger partial charge on any atom is -0.336 e. The summed E-state index contributed by atoms with van der Waals surface area (Å²) >= 11 is 0. The first-order valence-electron chi connectivity index (χ1n) is 7.32. The third-order valence-electron chi connectivity index (χ3n) is 3.78. The van der Waals surface area contributed by atoms with Crippen LogP contribution < -0.4 is 16.0 Å². The van der Waals surface area contributed by atoms with Crippen LogP contribution in [0.1, 0.15) is 30.4 Å². The number of amides is 3. The number of nitrogens with one attached hydrogen (secondary N) is 3. The summed E-state index contributed by atoms with van der Waals surface area (Å²) in [7, 11) is 0. The summed E-state index contributed by atoms with van der Waals surface area (Å²) in [4.78, 5) is 23.4. The number of nitriles is 1. The molecule has 0 unspecified atom stereocenters. The zero-order valence-corrected chi connectivity index (χ0v) is 12.6. The van der Waals surface area contributed by atoms with Crippen molar-refractivity contribution in [3.05, 3.63) is 35.4 Å². The van der Waals surface area contributed by atoms with Crippen LogP contribution in [0.15, 0.2) is 24.3 Å². The Hall–Kier alpha value is -2.55. The number of urea groups is 1. The van der Waals surface area contributed by atoms with E-state index in [4.69, 9.17) is 5.26 Å². The van der Waals surface area contributed by atoms with Crippen LogP contribution in [0.25, 0.3) is 0 Å². The minimum atomic E-state index is -0.725. The van der Waals surface area contributed by atoms with Gasteiger partial charge in [-0.3, -0.25) is 4.79 Å². The highest BCUT2D eigenvalue weighted by atomic mass is 16.2. The largest absolute Gasteiger partial charge is 0.336 e. The highest BCUT2D eigenvalue weighted by molar-refractivity contribution is 5.84. The molecule has 0 aromatic heterocycles. The summed E-state index contributed by atoms with van der Waals surface area (Å²) in [5, 5.41) is 16.9. The number of carbonyl (C=O) groups is 2. The van der Waals surface area contributed by atoms with E-state index in [1.54, 1.807) is 0 Å². The molecule has 0 heterocycles. The van der Waals surface area contributed by atoms with Gasteiger partial charge in [0.15, 0.2) is 0 Å². The molecule has 0 aliphatic heterocycles. The van der Waals surface area contributed by atoms with Gasteiger partial charge in [0, 0.05) is 6.54 Å². The zero-order chi connectivity index (χ0) is 16.0. The number of carbonyl (C=O) groups excluding carboxylic acids is 2. The monoisotopic (exact) mass is 300 g/mol. The first-order chi connectivity index (χ1) is 10.5. The van der Waals surface area contributed by atoms with Crippen LogP contribution in [0.4, 0.5) is 4.79 Å². The predicted octanol–water partition coefficient (Wildman–Crippen LogP) is 1.36. The van der Waals surface area contributed by atoms with E-state index in [0.29, 0.717) is 19.4 Å². The second-order valence-electron chi connectivity index (χ2n) is 5.62. The van der Waals surface area contributed by atoms with Crippen LogP contribution in [0.2, 0.25) is 0 Å². The average Bonchev–Trinajstić information content (AvgIpc) is 2.48. The van der Waals surface area contributed by atoms with Gasteiger partial charge in [-0.2, -0.15) is 5.26 Å². The van der Waals surface area contributed by atoms with Gasteiger partial charge in [-0.05, 0) is 31.7 Å². The normalized spacial score (nSPS) is 15.1. The minimum absolute atomic E-state index is 0.136. The molecule has 1 aromatic rings. The van der Waals surface area contributed by atoms with E-state index in [2.05, 4.69) is 22.0 Å². The lowest BCUT2D eigenvalue weighted by molar-refractivity contribution is -0.122. The average molecular weight is 300 g/mol. The Morgan fingerprint density at radius 2 is 1.91 bits per heavy atom. The Balaban J connectivity index is 1.68. The van der Waals surface area contributed by atoms with Crippen molar-refractivity contribution in [2.75, 3.05) is 6.54 Å². The Morgan fingerprint density at radius 3 is 2.45 bits per heavy atom. The molecule has 22 heavy (non-hydrogen) atoms. The maximum Gasteiger partial charge on any atom is 0.315 e. The number of nitrogens with zero attached hydrogens (tertiary/aromatic N) is 1. The molecule has 0 spiro atoms. The van der Waals surface area contributed by atoms with Crippen LogP contribution in [0, 0.1) is 18.3 Å². The Morgan fingerprint density at radius 1 is 1.23 bits per heavy atom. The summed E-state index contributed by atoms with van der Waals surface area (Å²) in [6.07, 6.45) is 2.29. The fourth-order valence-corrected chi connectivity index (χ4v) is 2.22. The second-order valence-corrected chi connectivity index (χ2v) is 5.62. The molecule has 1 saturated carbocycles. The van der Waals surface area contributed by atoms with Crippen molar-refractivity contribution < 1.29 is 9.59 Å². The molecule has 6 heteroatoms. The highest BCUT2D eigenvalue weighted by Crippen LogP contribution is 2.30. The number of aryl methyl sites for hydroxylation is 1. The molecule has 0 atom stereocenters. The first kappa shape index (κ1) is 15.8. The van der Waals surface area contributed by atoms with Crippen molar-refractivity contribution in [1.82, 2.24) is 16.0 Å². The van der Waals surface area contributed by atoms with Gasteiger partial charge in [0.2, 0.25) is 5.91 Å². The quantitative estimate of drug-likeness (QED) is 0.766. The molecule has 1 fully saturated rings. The van der Waals surface area contributed by atoms with Gasteiger partial charge in [0.25, 0.3) is 0 Å². The maximum absolute atomic E-state index is 11.7. The van der Waals surface area contributed by atoms with E-state index in [-0.39, 0.29) is 12.5 Å². The smallest absolute Gasteiger partial charge is 0.315 e. The SMILES string of the molecule is Cc1ccc(CNC(=O)NCC(=O)NC2(C#N)CCC2)cc1. The van der Waals surface area contributed by atoms with Crippen LogP contribution in [-0.2, 0) is 11.3 Å². The molecule has 6 nitrogen and oxygen atoms in total. The van der Waals surface area contributed by atoms with Crippen molar-refractivity contribution in [2.45, 2.75) is 38.3 Å². The summed E-state index contributed by atoms with van der Waals surface area (Å²) < 4.78 is 0. The maximum atomic E-state index is 11.7. The highest BCUT2D eigenvalue weighted by Gasteiger charge is 2.38. The predicted molar refractivity (Wildman–Crippen MR) is 81.8 cm³/mol. The Kier molecular flexibility index (Phi) is 4.99. The van der Waals surface area contributed by atoms with Gasteiger partial charge in [-0.25, -0.2) is 4.79 Å². The summed E-state index contributed by atoms with van der Waals surface area (Å²) in [5.74, 6) is -0.341. The molecule has 3 N–H and O–H groups in total. The molecule has 0 bridgehead atoms. The molecule has 1 aromatic carbocycles. The van der Waals surface area contributed by atoms with Crippen molar-refractivity contribution in [3.63, 3.8) is 0 Å². The lowest BCUT2D eigenvalue weighted by Gasteiger charge is -2.35. The third-order valence-corrected chi connectivity index (χ3v) is 3.78.